The van der Waals surface area contributed by atoms with Gasteiger partial charge in [0, 0.05) is 24.3 Å². The number of rotatable bonds is 3. The number of amides is 2. The maximum Gasteiger partial charge on any atom is 0.241 e. The third kappa shape index (κ3) is 3.78. The molecule has 2 saturated heterocycles. The van der Waals surface area contributed by atoms with Crippen LogP contribution >= 0.6 is 12.4 Å². The molecule has 2 aliphatic heterocycles. The Hall–Kier alpha value is -1.59. The van der Waals surface area contributed by atoms with Crippen LogP contribution in [0.25, 0.3) is 0 Å². The number of carbonyl (C=O) groups is 2. The first-order valence-electron chi connectivity index (χ1n) is 7.69. The first kappa shape index (κ1) is 16.8. The molecule has 2 aliphatic rings. The van der Waals surface area contributed by atoms with E-state index in [4.69, 9.17) is 0 Å². The number of hydrogen-bond acceptors (Lipinski definition) is 3. The lowest BCUT2D eigenvalue weighted by Crippen LogP contribution is -2.43. The van der Waals surface area contributed by atoms with Crippen molar-refractivity contribution in [2.24, 2.45) is 0 Å². The number of nitrogens with one attached hydrogen (secondary N) is 2. The monoisotopic (exact) mass is 323 g/mol. The van der Waals surface area contributed by atoms with Crippen molar-refractivity contribution in [3.05, 3.63) is 24.3 Å². The Kier molecular flexibility index (Phi) is 5.80. The minimum atomic E-state index is -0.101. The maximum absolute atomic E-state index is 12.2. The Bertz CT molecular complexity index is 544. The number of anilines is 2. The van der Waals surface area contributed by atoms with Crippen LogP contribution in [-0.4, -0.2) is 30.9 Å². The lowest BCUT2D eigenvalue weighted by atomic mass is 10.0. The highest BCUT2D eigenvalue weighted by Gasteiger charge is 2.23. The number of hydrogen-bond donors (Lipinski definition) is 2. The molecule has 120 valence electrons. The summed E-state index contributed by atoms with van der Waals surface area (Å²) in [7, 11) is 0. The molecule has 2 heterocycles. The molecule has 3 rings (SSSR count). The fourth-order valence-corrected chi connectivity index (χ4v) is 2.98. The van der Waals surface area contributed by atoms with Gasteiger partial charge in [0.25, 0.3) is 0 Å². The van der Waals surface area contributed by atoms with Crippen LogP contribution in [0.3, 0.4) is 0 Å². The van der Waals surface area contributed by atoms with E-state index >= 15 is 0 Å². The Morgan fingerprint density at radius 2 is 2.14 bits per heavy atom. The van der Waals surface area contributed by atoms with Gasteiger partial charge in [0.2, 0.25) is 11.8 Å². The van der Waals surface area contributed by atoms with Crippen LogP contribution < -0.4 is 15.5 Å². The Balaban J connectivity index is 0.00000176. The zero-order valence-electron chi connectivity index (χ0n) is 12.5. The molecule has 2 fully saturated rings. The number of nitrogens with zero attached hydrogens (tertiary/aromatic N) is 1. The van der Waals surface area contributed by atoms with Crippen molar-refractivity contribution in [1.29, 1.82) is 0 Å². The molecule has 1 atom stereocenters. The Morgan fingerprint density at radius 3 is 2.82 bits per heavy atom. The second-order valence-corrected chi connectivity index (χ2v) is 5.69. The van der Waals surface area contributed by atoms with Gasteiger partial charge in [-0.1, -0.05) is 12.5 Å². The zero-order chi connectivity index (χ0) is 14.7. The molecule has 0 spiro atoms. The highest BCUT2D eigenvalue weighted by molar-refractivity contribution is 5.98. The summed E-state index contributed by atoms with van der Waals surface area (Å²) < 4.78 is 0. The summed E-state index contributed by atoms with van der Waals surface area (Å²) in [5, 5.41) is 6.19. The predicted molar refractivity (Wildman–Crippen MR) is 89.5 cm³/mol. The van der Waals surface area contributed by atoms with Gasteiger partial charge in [0.15, 0.2) is 0 Å². The van der Waals surface area contributed by atoms with Crippen molar-refractivity contribution in [2.45, 2.75) is 38.1 Å². The quantitative estimate of drug-likeness (QED) is 0.897. The van der Waals surface area contributed by atoms with E-state index < -0.39 is 0 Å². The molecule has 22 heavy (non-hydrogen) atoms. The number of halogens is 1. The van der Waals surface area contributed by atoms with Crippen LogP contribution in [0.1, 0.15) is 32.1 Å². The molecule has 0 aliphatic carbocycles. The summed E-state index contributed by atoms with van der Waals surface area (Å²) >= 11 is 0. The molecule has 0 aromatic heterocycles. The fraction of sp³-hybridized carbons (Fsp3) is 0.500. The molecule has 2 N–H and O–H groups in total. The number of benzene rings is 1. The van der Waals surface area contributed by atoms with E-state index in [-0.39, 0.29) is 30.3 Å². The summed E-state index contributed by atoms with van der Waals surface area (Å²) in [5.74, 6) is 0.173. The summed E-state index contributed by atoms with van der Waals surface area (Å²) in [4.78, 5) is 25.8. The molecule has 0 saturated carbocycles. The average molecular weight is 324 g/mol. The van der Waals surface area contributed by atoms with Crippen molar-refractivity contribution in [3.63, 3.8) is 0 Å². The van der Waals surface area contributed by atoms with Gasteiger partial charge in [0.1, 0.15) is 0 Å². The highest BCUT2D eigenvalue weighted by atomic mass is 35.5. The molecular formula is C16H22ClN3O2. The molecule has 2 amide bonds. The van der Waals surface area contributed by atoms with Gasteiger partial charge in [0.05, 0.1) is 6.04 Å². The summed E-state index contributed by atoms with van der Waals surface area (Å²) in [5.41, 5.74) is 1.62. The van der Waals surface area contributed by atoms with Crippen molar-refractivity contribution in [3.8, 4) is 0 Å². The average Bonchev–Trinajstić information content (AvgIpc) is 2.94. The van der Waals surface area contributed by atoms with E-state index in [9.17, 15) is 9.59 Å². The molecule has 0 radical (unpaired) electrons. The van der Waals surface area contributed by atoms with E-state index in [1.807, 2.05) is 24.3 Å². The van der Waals surface area contributed by atoms with Gasteiger partial charge in [-0.15, -0.1) is 12.4 Å². The third-order valence-electron chi connectivity index (χ3n) is 4.13. The standard InChI is InChI=1S/C16H21N3O2.ClH/c20-15-8-4-10-19(15)13-6-3-5-12(11-13)18-16(21)14-7-1-2-9-17-14;/h3,5-6,11,14,17H,1-2,4,7-10H2,(H,18,21);1H/t14-;/m1./s1. The lowest BCUT2D eigenvalue weighted by molar-refractivity contribution is -0.118. The van der Waals surface area contributed by atoms with Crippen LogP contribution in [0, 0.1) is 0 Å². The topological polar surface area (TPSA) is 61.4 Å². The molecule has 1 aromatic rings. The van der Waals surface area contributed by atoms with Crippen molar-refractivity contribution >= 4 is 35.6 Å². The second kappa shape index (κ2) is 7.61. The first-order chi connectivity index (χ1) is 10.2. The van der Waals surface area contributed by atoms with Crippen LogP contribution in [0.5, 0.6) is 0 Å². The first-order valence-corrected chi connectivity index (χ1v) is 7.69. The third-order valence-corrected chi connectivity index (χ3v) is 4.13. The van der Waals surface area contributed by atoms with Gasteiger partial charge in [-0.25, -0.2) is 0 Å². The molecule has 1 aromatic carbocycles. The smallest absolute Gasteiger partial charge is 0.241 e. The minimum Gasteiger partial charge on any atom is -0.325 e. The van der Waals surface area contributed by atoms with Crippen molar-refractivity contribution in [2.75, 3.05) is 23.3 Å². The molecular weight excluding hydrogens is 302 g/mol. The minimum absolute atomic E-state index is 0. The highest BCUT2D eigenvalue weighted by Crippen LogP contribution is 2.24. The van der Waals surface area contributed by atoms with Crippen molar-refractivity contribution < 1.29 is 9.59 Å². The maximum atomic E-state index is 12.2. The van der Waals surface area contributed by atoms with E-state index in [0.29, 0.717) is 6.42 Å². The largest absolute Gasteiger partial charge is 0.325 e. The van der Waals surface area contributed by atoms with Gasteiger partial charge >= 0.3 is 0 Å². The number of piperidine rings is 1. The van der Waals surface area contributed by atoms with E-state index in [1.165, 1.54) is 0 Å². The van der Waals surface area contributed by atoms with Gasteiger partial charge in [-0.2, -0.15) is 0 Å². The molecule has 6 heteroatoms. The van der Waals surface area contributed by atoms with Crippen LogP contribution in [0.2, 0.25) is 0 Å². The SMILES string of the molecule is Cl.O=C(Nc1cccc(N2CCCC2=O)c1)[C@H]1CCCCN1. The van der Waals surface area contributed by atoms with Crippen LogP contribution in [0.4, 0.5) is 11.4 Å². The van der Waals surface area contributed by atoms with Crippen molar-refractivity contribution in [1.82, 2.24) is 5.32 Å². The van der Waals surface area contributed by atoms with Gasteiger partial charge in [-0.3, -0.25) is 9.59 Å². The normalized spacial score (nSPS) is 21.4. The summed E-state index contributed by atoms with van der Waals surface area (Å²) in [6.07, 6.45) is 4.63. The van der Waals surface area contributed by atoms with Gasteiger partial charge < -0.3 is 15.5 Å². The molecule has 0 unspecified atom stereocenters. The molecule has 0 bridgehead atoms. The predicted octanol–water partition coefficient (Wildman–Crippen LogP) is 2.32. The Labute approximate surface area is 136 Å². The number of carbonyl (C=O) groups excluding carboxylic acids is 2. The Morgan fingerprint density at radius 1 is 1.27 bits per heavy atom. The summed E-state index contributed by atoms with van der Waals surface area (Å²) in [6.45, 7) is 1.67. The van der Waals surface area contributed by atoms with E-state index in [0.717, 1.165) is 50.1 Å². The van der Waals surface area contributed by atoms with Gasteiger partial charge in [-0.05, 0) is 44.0 Å². The lowest BCUT2D eigenvalue weighted by Gasteiger charge is -2.23. The van der Waals surface area contributed by atoms with E-state index in [1.54, 1.807) is 4.90 Å². The summed E-state index contributed by atoms with van der Waals surface area (Å²) in [6, 6.07) is 7.44. The fourth-order valence-electron chi connectivity index (χ4n) is 2.98. The van der Waals surface area contributed by atoms with Crippen LogP contribution in [-0.2, 0) is 9.59 Å². The molecule has 5 nitrogen and oxygen atoms in total. The zero-order valence-corrected chi connectivity index (χ0v) is 13.3. The van der Waals surface area contributed by atoms with E-state index in [2.05, 4.69) is 10.6 Å². The second-order valence-electron chi connectivity index (χ2n) is 5.69. The van der Waals surface area contributed by atoms with Crippen LogP contribution in [0.15, 0.2) is 24.3 Å².